The molecule has 2 aromatic carbocycles. The van der Waals surface area contributed by atoms with Crippen LogP contribution >= 0.6 is 11.8 Å². The van der Waals surface area contributed by atoms with Crippen molar-refractivity contribution in [3.63, 3.8) is 0 Å². The summed E-state index contributed by atoms with van der Waals surface area (Å²) in [6.07, 6.45) is 5.23. The highest BCUT2D eigenvalue weighted by Crippen LogP contribution is 2.30. The molecule has 0 spiro atoms. The lowest BCUT2D eigenvalue weighted by atomic mass is 9.98. The fourth-order valence-corrected chi connectivity index (χ4v) is 4.20. The number of nitrogens with zero attached hydrogens (tertiary/aromatic N) is 1. The smallest absolute Gasteiger partial charge is 0.120 e. The van der Waals surface area contributed by atoms with Crippen molar-refractivity contribution >= 4 is 17.3 Å². The van der Waals surface area contributed by atoms with E-state index in [1.165, 1.54) is 28.0 Å². The van der Waals surface area contributed by atoms with Gasteiger partial charge in [0.05, 0.1) is 0 Å². The van der Waals surface area contributed by atoms with E-state index in [-0.39, 0.29) is 5.41 Å². The van der Waals surface area contributed by atoms with Gasteiger partial charge in [-0.15, -0.1) is 11.8 Å². The molecule has 0 amide bonds. The normalized spacial score (nSPS) is 13.9. The molecule has 0 unspecified atom stereocenters. The Morgan fingerprint density at radius 1 is 1.10 bits per heavy atom. The molecule has 2 nitrogen and oxygen atoms in total. The van der Waals surface area contributed by atoms with Crippen LogP contribution in [0.1, 0.15) is 43.9 Å². The summed E-state index contributed by atoms with van der Waals surface area (Å²) in [5.74, 6) is 8.46. The van der Waals surface area contributed by atoms with Crippen molar-refractivity contribution in [2.75, 3.05) is 19.3 Å². The summed E-state index contributed by atoms with van der Waals surface area (Å²) in [7, 11) is 2.12. The summed E-state index contributed by atoms with van der Waals surface area (Å²) in [5, 5.41) is 2.28. The Bertz CT molecular complexity index is 988. The van der Waals surface area contributed by atoms with Crippen LogP contribution in [0.25, 0.3) is 5.57 Å². The van der Waals surface area contributed by atoms with Crippen LogP contribution in [0.3, 0.4) is 0 Å². The van der Waals surface area contributed by atoms with Crippen LogP contribution in [0.2, 0.25) is 0 Å². The van der Waals surface area contributed by atoms with Gasteiger partial charge in [-0.25, -0.2) is 0 Å². The number of benzene rings is 2. The second kappa shape index (κ2) is 11.3. The highest BCUT2D eigenvalue weighted by Gasteiger charge is 2.08. The van der Waals surface area contributed by atoms with Crippen LogP contribution in [0.4, 0.5) is 0 Å². The summed E-state index contributed by atoms with van der Waals surface area (Å²) in [6, 6.07) is 17.1. The molecule has 0 bridgehead atoms. The minimum atomic E-state index is 0.0465. The zero-order chi connectivity index (χ0) is 22.1. The third-order valence-corrected chi connectivity index (χ3v) is 5.73. The van der Waals surface area contributed by atoms with Crippen molar-refractivity contribution in [3.05, 3.63) is 82.8 Å². The van der Waals surface area contributed by atoms with E-state index in [0.29, 0.717) is 6.61 Å². The van der Waals surface area contributed by atoms with E-state index >= 15 is 0 Å². The maximum atomic E-state index is 6.10. The predicted molar refractivity (Wildman–Crippen MR) is 135 cm³/mol. The summed E-state index contributed by atoms with van der Waals surface area (Å²) >= 11 is 1.90. The zero-order valence-corrected chi connectivity index (χ0v) is 20.0. The molecule has 0 saturated carbocycles. The van der Waals surface area contributed by atoms with E-state index in [2.05, 4.69) is 98.5 Å². The Hall–Kier alpha value is -2.41. The zero-order valence-electron chi connectivity index (χ0n) is 19.2. The minimum absolute atomic E-state index is 0.0465. The number of likely N-dealkylation sites (N-methyl/N-ethyl adjacent to an activating group) is 1. The van der Waals surface area contributed by atoms with E-state index < -0.39 is 0 Å². The maximum absolute atomic E-state index is 6.10. The van der Waals surface area contributed by atoms with Crippen LogP contribution in [0.15, 0.2) is 66.1 Å². The molecule has 162 valence electrons. The molecule has 3 heteroatoms. The summed E-state index contributed by atoms with van der Waals surface area (Å²) in [6.45, 7) is 8.69. The Kier molecular flexibility index (Phi) is 8.46. The van der Waals surface area contributed by atoms with Crippen molar-refractivity contribution in [3.8, 4) is 17.6 Å². The monoisotopic (exact) mass is 431 g/mol. The molecule has 3 rings (SSSR count). The number of rotatable bonds is 8. The molecule has 1 aliphatic rings. The van der Waals surface area contributed by atoms with E-state index in [1.807, 2.05) is 23.9 Å². The molecule has 0 radical (unpaired) electrons. The van der Waals surface area contributed by atoms with Gasteiger partial charge in [0.15, 0.2) is 0 Å². The van der Waals surface area contributed by atoms with Crippen molar-refractivity contribution in [1.82, 2.24) is 4.90 Å². The molecule has 2 aromatic rings. The van der Waals surface area contributed by atoms with Gasteiger partial charge in [-0.05, 0) is 86.2 Å². The van der Waals surface area contributed by atoms with Gasteiger partial charge < -0.3 is 4.74 Å². The van der Waals surface area contributed by atoms with Gasteiger partial charge in [-0.1, -0.05) is 48.2 Å². The second-order valence-corrected chi connectivity index (χ2v) is 10.00. The average Bonchev–Trinajstić information content (AvgIpc) is 3.27. The number of thioether (sulfide) groups is 1. The summed E-state index contributed by atoms with van der Waals surface area (Å²) in [4.78, 5) is 2.27. The van der Waals surface area contributed by atoms with Gasteiger partial charge >= 0.3 is 0 Å². The van der Waals surface area contributed by atoms with E-state index in [9.17, 15) is 0 Å². The SMILES string of the molecule is CN(CC=CC#CC(C)(C)C)Cc1cccc(OCc2cccc(C3=CSCC3)c2)c1. The quantitative estimate of drug-likeness (QED) is 0.427. The van der Waals surface area contributed by atoms with Gasteiger partial charge in [0.25, 0.3) is 0 Å². The number of hydrogen-bond acceptors (Lipinski definition) is 3. The van der Waals surface area contributed by atoms with Gasteiger partial charge in [-0.3, -0.25) is 4.90 Å². The van der Waals surface area contributed by atoms with Crippen molar-refractivity contribution < 1.29 is 4.74 Å². The topological polar surface area (TPSA) is 12.5 Å². The Balaban J connectivity index is 1.51. The highest BCUT2D eigenvalue weighted by molar-refractivity contribution is 8.02. The van der Waals surface area contributed by atoms with Crippen LogP contribution in [0, 0.1) is 17.3 Å². The third kappa shape index (κ3) is 8.32. The standard InChI is InChI=1S/C28H33NOS/c1-28(2,3)15-6-5-7-16-29(4)20-23-10-9-13-27(19-23)30-21-24-11-8-12-25(18-24)26-14-17-31-22-26/h5,7-13,18-19,22H,14,16-17,20-21H2,1-4H3. The summed E-state index contributed by atoms with van der Waals surface area (Å²) < 4.78 is 6.10. The number of ether oxygens (including phenoxy) is 1. The minimum Gasteiger partial charge on any atom is -0.489 e. The van der Waals surface area contributed by atoms with Gasteiger partial charge in [-0.2, -0.15) is 0 Å². The summed E-state index contributed by atoms with van der Waals surface area (Å²) in [5.41, 5.74) is 5.26. The Labute approximate surface area is 192 Å². The van der Waals surface area contributed by atoms with Crippen LogP contribution in [-0.4, -0.2) is 24.2 Å². The second-order valence-electron chi connectivity index (χ2n) is 9.02. The van der Waals surface area contributed by atoms with Crippen molar-refractivity contribution in [1.29, 1.82) is 0 Å². The van der Waals surface area contributed by atoms with E-state index in [0.717, 1.165) is 25.3 Å². The lowest BCUT2D eigenvalue weighted by molar-refractivity contribution is 0.304. The maximum Gasteiger partial charge on any atom is 0.120 e. The van der Waals surface area contributed by atoms with Crippen LogP contribution in [-0.2, 0) is 13.2 Å². The lowest BCUT2D eigenvalue weighted by Crippen LogP contribution is -2.17. The molecular formula is C28H33NOS. The first-order valence-electron chi connectivity index (χ1n) is 10.9. The first-order valence-corrected chi connectivity index (χ1v) is 11.9. The third-order valence-electron chi connectivity index (χ3n) is 4.83. The highest BCUT2D eigenvalue weighted by atomic mass is 32.2. The average molecular weight is 432 g/mol. The molecule has 0 saturated heterocycles. The molecule has 31 heavy (non-hydrogen) atoms. The van der Waals surface area contributed by atoms with Crippen LogP contribution < -0.4 is 4.74 Å². The fourth-order valence-electron chi connectivity index (χ4n) is 3.29. The molecule has 0 N–H and O–H groups in total. The first-order chi connectivity index (χ1) is 14.9. The molecular weight excluding hydrogens is 398 g/mol. The lowest BCUT2D eigenvalue weighted by Gasteiger charge is -2.15. The fraction of sp³-hybridized carbons (Fsp3) is 0.357. The molecule has 1 aliphatic heterocycles. The van der Waals surface area contributed by atoms with Gasteiger partial charge in [0.1, 0.15) is 12.4 Å². The molecule has 0 fully saturated rings. The predicted octanol–water partition coefficient (Wildman–Crippen LogP) is 6.78. The Morgan fingerprint density at radius 3 is 2.68 bits per heavy atom. The molecule has 0 atom stereocenters. The largest absolute Gasteiger partial charge is 0.489 e. The van der Waals surface area contributed by atoms with Crippen LogP contribution in [0.5, 0.6) is 5.75 Å². The Morgan fingerprint density at radius 2 is 1.90 bits per heavy atom. The van der Waals surface area contributed by atoms with Crippen molar-refractivity contribution in [2.24, 2.45) is 5.41 Å². The molecule has 1 heterocycles. The van der Waals surface area contributed by atoms with E-state index in [4.69, 9.17) is 4.74 Å². The number of allylic oxidation sites excluding steroid dienone is 2. The molecule has 0 aromatic heterocycles. The first kappa shape index (κ1) is 23.3. The molecule has 0 aliphatic carbocycles. The van der Waals surface area contributed by atoms with Gasteiger partial charge in [0, 0.05) is 24.3 Å². The number of hydrogen-bond donors (Lipinski definition) is 0. The van der Waals surface area contributed by atoms with E-state index in [1.54, 1.807) is 0 Å². The van der Waals surface area contributed by atoms with Crippen molar-refractivity contribution in [2.45, 2.75) is 40.3 Å². The van der Waals surface area contributed by atoms with Gasteiger partial charge in [0.2, 0.25) is 0 Å².